The number of amides is 1. The average Bonchev–Trinajstić information content (AvgIpc) is 2.82. The van der Waals surface area contributed by atoms with Crippen LogP contribution in [0.5, 0.6) is 5.75 Å². The van der Waals surface area contributed by atoms with Crippen molar-refractivity contribution in [2.75, 3.05) is 13.7 Å². The number of carbonyl (C=O) groups excluding carboxylic acids is 3. The highest BCUT2D eigenvalue weighted by Gasteiger charge is 2.55. The normalized spacial score (nSPS) is 13.4. The summed E-state index contributed by atoms with van der Waals surface area (Å²) in [6.45, 7) is 6.29. The summed E-state index contributed by atoms with van der Waals surface area (Å²) in [6, 6.07) is 15.0. The Morgan fingerprint density at radius 2 is 1.63 bits per heavy atom. The van der Waals surface area contributed by atoms with Gasteiger partial charge in [0, 0.05) is 0 Å². The standard InChI is InChI=1S/C26H30N2O7/c1-6-33-22(29)21(28-24(31)35-25(2,3)4)26(17-27,19-12-14-20(32-5)15-13-19)23(30)34-16-18-10-8-7-9-11-18/h7-15,21H,6,16H2,1-5H3,(H,28,31)/t21-,26-/m0/s1. The van der Waals surface area contributed by atoms with E-state index < -0.39 is 35.1 Å². The second kappa shape index (κ2) is 11.9. The lowest BCUT2D eigenvalue weighted by Gasteiger charge is -2.33. The van der Waals surface area contributed by atoms with Gasteiger partial charge in [0.25, 0.3) is 0 Å². The number of benzene rings is 2. The van der Waals surface area contributed by atoms with Crippen molar-refractivity contribution in [3.63, 3.8) is 0 Å². The van der Waals surface area contributed by atoms with Gasteiger partial charge < -0.3 is 24.3 Å². The molecule has 9 heteroatoms. The minimum Gasteiger partial charge on any atom is -0.497 e. The molecule has 0 unspecified atom stereocenters. The number of hydrogen-bond acceptors (Lipinski definition) is 8. The van der Waals surface area contributed by atoms with Crippen molar-refractivity contribution >= 4 is 18.0 Å². The first kappa shape index (κ1) is 27.2. The summed E-state index contributed by atoms with van der Waals surface area (Å²) >= 11 is 0. The van der Waals surface area contributed by atoms with Crippen molar-refractivity contribution in [1.29, 1.82) is 5.26 Å². The van der Waals surface area contributed by atoms with Crippen molar-refractivity contribution in [1.82, 2.24) is 5.32 Å². The predicted molar refractivity (Wildman–Crippen MR) is 126 cm³/mol. The van der Waals surface area contributed by atoms with E-state index in [4.69, 9.17) is 18.9 Å². The second-order valence-corrected chi connectivity index (χ2v) is 8.54. The van der Waals surface area contributed by atoms with Crippen molar-refractivity contribution in [3.8, 4) is 11.8 Å². The van der Waals surface area contributed by atoms with E-state index >= 15 is 0 Å². The molecule has 35 heavy (non-hydrogen) atoms. The molecule has 0 saturated carbocycles. The number of methoxy groups -OCH3 is 1. The Labute approximate surface area is 204 Å². The van der Waals surface area contributed by atoms with Crippen LogP contribution in [0, 0.1) is 11.3 Å². The fourth-order valence-corrected chi connectivity index (χ4v) is 3.26. The van der Waals surface area contributed by atoms with Gasteiger partial charge in [0.15, 0.2) is 6.04 Å². The van der Waals surface area contributed by atoms with Crippen molar-refractivity contribution in [3.05, 3.63) is 65.7 Å². The molecule has 0 aliphatic carbocycles. The average molecular weight is 483 g/mol. The third-order valence-electron chi connectivity index (χ3n) is 4.87. The van der Waals surface area contributed by atoms with Crippen molar-refractivity contribution in [2.24, 2.45) is 0 Å². The second-order valence-electron chi connectivity index (χ2n) is 8.54. The Balaban J connectivity index is 2.58. The van der Waals surface area contributed by atoms with Gasteiger partial charge in [0.05, 0.1) is 19.8 Å². The van der Waals surface area contributed by atoms with E-state index in [1.54, 1.807) is 52.0 Å². The van der Waals surface area contributed by atoms with Crippen LogP contribution in [0.4, 0.5) is 4.79 Å². The quantitative estimate of drug-likeness (QED) is 0.424. The molecule has 1 amide bonds. The van der Waals surface area contributed by atoms with Crippen LogP contribution in [0.3, 0.4) is 0 Å². The molecule has 0 aliphatic heterocycles. The number of hydrogen-bond donors (Lipinski definition) is 1. The van der Waals surface area contributed by atoms with Crippen LogP contribution in [-0.4, -0.2) is 43.4 Å². The maximum atomic E-state index is 13.6. The molecule has 2 aromatic carbocycles. The Bertz CT molecular complexity index is 1060. The Morgan fingerprint density at radius 3 is 2.14 bits per heavy atom. The van der Waals surface area contributed by atoms with Gasteiger partial charge in [-0.15, -0.1) is 0 Å². The molecular formula is C26H30N2O7. The number of nitrogens with one attached hydrogen (secondary N) is 1. The Hall–Kier alpha value is -4.06. The van der Waals surface area contributed by atoms with Crippen molar-refractivity contribution in [2.45, 2.75) is 51.4 Å². The van der Waals surface area contributed by atoms with Crippen LogP contribution in [0.2, 0.25) is 0 Å². The van der Waals surface area contributed by atoms with E-state index in [9.17, 15) is 19.6 Å². The third-order valence-corrected chi connectivity index (χ3v) is 4.87. The maximum Gasteiger partial charge on any atom is 0.408 e. The van der Waals surface area contributed by atoms with Gasteiger partial charge in [-0.1, -0.05) is 42.5 Å². The highest BCUT2D eigenvalue weighted by molar-refractivity contribution is 5.97. The molecule has 1 N–H and O–H groups in total. The van der Waals surface area contributed by atoms with Gasteiger partial charge in [0.1, 0.15) is 18.0 Å². The number of carbonyl (C=O) groups is 3. The van der Waals surface area contributed by atoms with Crippen molar-refractivity contribution < 1.29 is 33.3 Å². The van der Waals surface area contributed by atoms with E-state index in [0.717, 1.165) is 0 Å². The summed E-state index contributed by atoms with van der Waals surface area (Å²) in [4.78, 5) is 39.3. The van der Waals surface area contributed by atoms with E-state index in [1.165, 1.54) is 31.4 Å². The van der Waals surface area contributed by atoms with E-state index in [2.05, 4.69) is 5.32 Å². The molecule has 9 nitrogen and oxygen atoms in total. The molecular weight excluding hydrogens is 452 g/mol. The van der Waals surface area contributed by atoms with Gasteiger partial charge in [-0.2, -0.15) is 5.26 Å². The van der Waals surface area contributed by atoms with Crippen LogP contribution < -0.4 is 10.1 Å². The van der Waals surface area contributed by atoms with Crippen LogP contribution in [-0.2, 0) is 35.8 Å². The molecule has 0 bridgehead atoms. The first-order chi connectivity index (χ1) is 16.6. The van der Waals surface area contributed by atoms with E-state index in [1.807, 2.05) is 12.1 Å². The molecule has 0 fully saturated rings. The predicted octanol–water partition coefficient (Wildman–Crippen LogP) is 3.66. The molecule has 186 valence electrons. The largest absolute Gasteiger partial charge is 0.497 e. The molecule has 2 atom stereocenters. The summed E-state index contributed by atoms with van der Waals surface area (Å²) in [5.41, 5.74) is -2.40. The number of alkyl carbamates (subject to hydrolysis) is 1. The van der Waals surface area contributed by atoms with Gasteiger partial charge >= 0.3 is 18.0 Å². The molecule has 2 rings (SSSR count). The number of nitrogens with zero attached hydrogens (tertiary/aromatic N) is 1. The smallest absolute Gasteiger partial charge is 0.408 e. The SMILES string of the molecule is CCOC(=O)[C@H](NC(=O)OC(C)(C)C)[C@@](C#N)(C(=O)OCc1ccccc1)c1ccc(OC)cc1. The number of ether oxygens (including phenoxy) is 4. The lowest BCUT2D eigenvalue weighted by molar-refractivity contribution is -0.158. The molecule has 0 aliphatic rings. The zero-order chi connectivity index (χ0) is 26.1. The lowest BCUT2D eigenvalue weighted by atomic mass is 9.75. The van der Waals surface area contributed by atoms with E-state index in [-0.39, 0.29) is 18.8 Å². The third kappa shape index (κ3) is 6.96. The van der Waals surface area contributed by atoms with E-state index in [0.29, 0.717) is 11.3 Å². The first-order valence-electron chi connectivity index (χ1n) is 11.0. The highest BCUT2D eigenvalue weighted by Crippen LogP contribution is 2.32. The molecule has 0 heterocycles. The number of rotatable bonds is 9. The van der Waals surface area contributed by atoms with Crippen LogP contribution in [0.1, 0.15) is 38.8 Å². The van der Waals surface area contributed by atoms with Gasteiger partial charge in [-0.3, -0.25) is 0 Å². The van der Waals surface area contributed by atoms with Crippen LogP contribution in [0.25, 0.3) is 0 Å². The molecule has 0 spiro atoms. The maximum absolute atomic E-state index is 13.6. The zero-order valence-corrected chi connectivity index (χ0v) is 20.5. The summed E-state index contributed by atoms with van der Waals surface area (Å²) in [5, 5.41) is 12.7. The topological polar surface area (TPSA) is 124 Å². The summed E-state index contributed by atoms with van der Waals surface area (Å²) in [6.07, 6.45) is -1.00. The number of esters is 2. The first-order valence-corrected chi connectivity index (χ1v) is 11.0. The zero-order valence-electron chi connectivity index (χ0n) is 20.5. The summed E-state index contributed by atoms with van der Waals surface area (Å²) in [7, 11) is 1.46. The number of nitriles is 1. The molecule has 0 aromatic heterocycles. The van der Waals surface area contributed by atoms with Crippen LogP contribution in [0.15, 0.2) is 54.6 Å². The van der Waals surface area contributed by atoms with Crippen LogP contribution >= 0.6 is 0 Å². The minimum atomic E-state index is -2.29. The summed E-state index contributed by atoms with van der Waals surface area (Å²) < 4.78 is 21.1. The minimum absolute atomic E-state index is 0.0471. The highest BCUT2D eigenvalue weighted by atomic mass is 16.6. The fourth-order valence-electron chi connectivity index (χ4n) is 3.26. The van der Waals surface area contributed by atoms with Gasteiger partial charge in [-0.25, -0.2) is 14.4 Å². The molecule has 2 aromatic rings. The van der Waals surface area contributed by atoms with Gasteiger partial charge in [0.2, 0.25) is 5.41 Å². The molecule has 0 saturated heterocycles. The molecule has 0 radical (unpaired) electrons. The Morgan fingerprint density at radius 1 is 1.00 bits per heavy atom. The summed E-state index contributed by atoms with van der Waals surface area (Å²) in [5.74, 6) is -1.57. The Kier molecular flexibility index (Phi) is 9.23. The monoisotopic (exact) mass is 482 g/mol. The lowest BCUT2D eigenvalue weighted by Crippen LogP contribution is -2.59. The fraction of sp³-hybridized carbons (Fsp3) is 0.385. The van der Waals surface area contributed by atoms with Gasteiger partial charge in [-0.05, 0) is 51.0 Å².